The number of pyridine rings is 1. The Morgan fingerprint density at radius 2 is 2.17 bits per heavy atom. The van der Waals surface area contributed by atoms with E-state index in [1.807, 2.05) is 0 Å². The number of aromatic nitrogens is 2. The Bertz CT molecular complexity index is 993. The van der Waals surface area contributed by atoms with Crippen molar-refractivity contribution in [3.63, 3.8) is 0 Å². The van der Waals surface area contributed by atoms with Crippen molar-refractivity contribution in [2.24, 2.45) is 0 Å². The molecule has 0 aliphatic heterocycles. The third-order valence-corrected chi connectivity index (χ3v) is 3.63. The molecule has 2 aromatic heterocycles. The molecular formula is C14H9BrN4O5. The zero-order chi connectivity index (χ0) is 17.3. The van der Waals surface area contributed by atoms with Gasteiger partial charge >= 0.3 is 5.76 Å². The van der Waals surface area contributed by atoms with Crippen LogP contribution in [0.3, 0.4) is 0 Å². The highest BCUT2D eigenvalue weighted by Crippen LogP contribution is 2.20. The van der Waals surface area contributed by atoms with Crippen molar-refractivity contribution < 1.29 is 14.1 Å². The number of oxazole rings is 1. The fourth-order valence-corrected chi connectivity index (χ4v) is 2.32. The first-order chi connectivity index (χ1) is 11.4. The first kappa shape index (κ1) is 15.9. The number of nitrogens with one attached hydrogen (secondary N) is 1. The van der Waals surface area contributed by atoms with Crippen LogP contribution in [0.15, 0.2) is 50.2 Å². The predicted octanol–water partition coefficient (Wildman–Crippen LogP) is 2.30. The van der Waals surface area contributed by atoms with Gasteiger partial charge in [0, 0.05) is 22.8 Å². The first-order valence-electron chi connectivity index (χ1n) is 6.63. The van der Waals surface area contributed by atoms with E-state index in [1.54, 1.807) is 12.1 Å². The SMILES string of the molecule is O=C(Cn1c(=O)oc2ccc([N+](=O)[O-])cc21)Nc1ccc(Br)cn1. The Hall–Kier alpha value is -3.01. The van der Waals surface area contributed by atoms with Crippen LogP contribution >= 0.6 is 15.9 Å². The second-order valence-electron chi connectivity index (χ2n) is 4.77. The number of hydrogen-bond acceptors (Lipinski definition) is 6. The zero-order valence-electron chi connectivity index (χ0n) is 11.9. The highest BCUT2D eigenvalue weighted by molar-refractivity contribution is 9.10. The van der Waals surface area contributed by atoms with Gasteiger partial charge in [-0.2, -0.15) is 0 Å². The second-order valence-corrected chi connectivity index (χ2v) is 5.69. The average Bonchev–Trinajstić information content (AvgIpc) is 2.84. The molecule has 10 heteroatoms. The number of hydrogen-bond donors (Lipinski definition) is 1. The number of non-ortho nitro benzene ring substituents is 1. The van der Waals surface area contributed by atoms with Gasteiger partial charge in [-0.15, -0.1) is 0 Å². The summed E-state index contributed by atoms with van der Waals surface area (Å²) in [6.45, 7) is -0.356. The summed E-state index contributed by atoms with van der Waals surface area (Å²) >= 11 is 3.23. The molecule has 0 radical (unpaired) electrons. The molecule has 0 aliphatic rings. The maximum Gasteiger partial charge on any atom is 0.420 e. The van der Waals surface area contributed by atoms with Gasteiger partial charge in [-0.05, 0) is 34.1 Å². The van der Waals surface area contributed by atoms with E-state index in [9.17, 15) is 19.7 Å². The van der Waals surface area contributed by atoms with Crippen LogP contribution in [-0.4, -0.2) is 20.4 Å². The quantitative estimate of drug-likeness (QED) is 0.537. The molecule has 3 rings (SSSR count). The van der Waals surface area contributed by atoms with Gasteiger partial charge < -0.3 is 9.73 Å². The van der Waals surface area contributed by atoms with E-state index in [0.29, 0.717) is 5.82 Å². The normalized spacial score (nSPS) is 10.7. The number of anilines is 1. The van der Waals surface area contributed by atoms with Crippen LogP contribution in [0.25, 0.3) is 11.1 Å². The van der Waals surface area contributed by atoms with Crippen LogP contribution in [0, 0.1) is 10.1 Å². The fourth-order valence-electron chi connectivity index (χ4n) is 2.09. The molecule has 0 aliphatic carbocycles. The Morgan fingerprint density at radius 1 is 1.38 bits per heavy atom. The predicted molar refractivity (Wildman–Crippen MR) is 87.7 cm³/mol. The number of carbonyl (C=O) groups is 1. The Labute approximate surface area is 142 Å². The van der Waals surface area contributed by atoms with E-state index >= 15 is 0 Å². The second kappa shape index (κ2) is 6.24. The molecule has 24 heavy (non-hydrogen) atoms. The minimum atomic E-state index is -0.774. The molecule has 0 bridgehead atoms. The molecule has 1 N–H and O–H groups in total. The fraction of sp³-hybridized carbons (Fsp3) is 0.0714. The molecule has 3 aromatic rings. The van der Waals surface area contributed by atoms with Gasteiger partial charge in [-0.1, -0.05) is 0 Å². The van der Waals surface area contributed by atoms with Gasteiger partial charge in [0.15, 0.2) is 5.58 Å². The summed E-state index contributed by atoms with van der Waals surface area (Å²) in [7, 11) is 0. The van der Waals surface area contributed by atoms with Crippen LogP contribution in [0.2, 0.25) is 0 Å². The molecule has 0 saturated carbocycles. The number of nitro groups is 1. The van der Waals surface area contributed by atoms with Gasteiger partial charge in [0.05, 0.1) is 10.4 Å². The summed E-state index contributed by atoms with van der Waals surface area (Å²) in [6, 6.07) is 7.01. The lowest BCUT2D eigenvalue weighted by atomic mass is 10.3. The summed E-state index contributed by atoms with van der Waals surface area (Å²) in [6.07, 6.45) is 1.51. The Kier molecular flexibility index (Phi) is 4.13. The molecule has 0 unspecified atom stereocenters. The maximum atomic E-state index is 12.1. The number of benzene rings is 1. The van der Waals surface area contributed by atoms with Crippen LogP contribution in [0.1, 0.15) is 0 Å². The minimum absolute atomic E-state index is 0.167. The van der Waals surface area contributed by atoms with E-state index < -0.39 is 16.6 Å². The van der Waals surface area contributed by atoms with E-state index in [4.69, 9.17) is 4.42 Å². The van der Waals surface area contributed by atoms with Crippen molar-refractivity contribution in [2.45, 2.75) is 6.54 Å². The Morgan fingerprint density at radius 3 is 2.83 bits per heavy atom. The lowest BCUT2D eigenvalue weighted by molar-refractivity contribution is -0.384. The molecule has 122 valence electrons. The molecule has 0 atom stereocenters. The van der Waals surface area contributed by atoms with Crippen molar-refractivity contribution >= 4 is 44.4 Å². The van der Waals surface area contributed by atoms with Gasteiger partial charge in [-0.25, -0.2) is 9.78 Å². The minimum Gasteiger partial charge on any atom is -0.408 e. The third kappa shape index (κ3) is 3.18. The zero-order valence-corrected chi connectivity index (χ0v) is 13.5. The average molecular weight is 393 g/mol. The first-order valence-corrected chi connectivity index (χ1v) is 7.42. The molecule has 9 nitrogen and oxygen atoms in total. The van der Waals surface area contributed by atoms with E-state index in [0.717, 1.165) is 9.04 Å². The van der Waals surface area contributed by atoms with Crippen molar-refractivity contribution in [1.82, 2.24) is 9.55 Å². The highest BCUT2D eigenvalue weighted by atomic mass is 79.9. The topological polar surface area (TPSA) is 120 Å². The summed E-state index contributed by atoms with van der Waals surface area (Å²) in [4.78, 5) is 38.2. The number of halogens is 1. The van der Waals surface area contributed by atoms with E-state index in [-0.39, 0.29) is 23.3 Å². The lowest BCUT2D eigenvalue weighted by Crippen LogP contribution is -2.25. The number of nitro benzene ring substituents is 1. The molecule has 1 amide bonds. The molecule has 0 fully saturated rings. The summed E-state index contributed by atoms with van der Waals surface area (Å²) in [5.74, 6) is -0.972. The smallest absolute Gasteiger partial charge is 0.408 e. The van der Waals surface area contributed by atoms with Gasteiger partial charge in [0.1, 0.15) is 12.4 Å². The van der Waals surface area contributed by atoms with Crippen LogP contribution in [-0.2, 0) is 11.3 Å². The Balaban J connectivity index is 1.88. The molecule has 2 heterocycles. The van der Waals surface area contributed by atoms with Crippen molar-refractivity contribution in [3.8, 4) is 0 Å². The monoisotopic (exact) mass is 392 g/mol. The van der Waals surface area contributed by atoms with Crippen molar-refractivity contribution in [3.05, 3.63) is 61.7 Å². The highest BCUT2D eigenvalue weighted by Gasteiger charge is 2.16. The number of amides is 1. The van der Waals surface area contributed by atoms with E-state index in [2.05, 4.69) is 26.2 Å². The summed E-state index contributed by atoms with van der Waals surface area (Å²) in [5, 5.41) is 13.4. The van der Waals surface area contributed by atoms with E-state index in [1.165, 1.54) is 24.4 Å². The standard InChI is InChI=1S/C14H9BrN4O5/c15-8-1-4-12(16-6-8)17-13(20)7-18-10-5-9(19(22)23)2-3-11(10)24-14(18)21/h1-6H,7H2,(H,16,17,20). The number of rotatable bonds is 4. The molecular weight excluding hydrogens is 384 g/mol. The van der Waals surface area contributed by atoms with Crippen molar-refractivity contribution in [2.75, 3.05) is 5.32 Å². The lowest BCUT2D eigenvalue weighted by Gasteiger charge is -2.05. The number of carbonyl (C=O) groups excluding carboxylic acids is 1. The third-order valence-electron chi connectivity index (χ3n) is 3.16. The van der Waals surface area contributed by atoms with Crippen molar-refractivity contribution in [1.29, 1.82) is 0 Å². The van der Waals surface area contributed by atoms with Crippen LogP contribution in [0.5, 0.6) is 0 Å². The molecule has 0 spiro atoms. The largest absolute Gasteiger partial charge is 0.420 e. The van der Waals surface area contributed by atoms with Gasteiger partial charge in [0.25, 0.3) is 5.69 Å². The van der Waals surface area contributed by atoms with Crippen LogP contribution in [0.4, 0.5) is 11.5 Å². The van der Waals surface area contributed by atoms with Gasteiger partial charge in [0.2, 0.25) is 5.91 Å². The number of fused-ring (bicyclic) bond motifs is 1. The summed E-state index contributed by atoms with van der Waals surface area (Å²) in [5.41, 5.74) is 0.139. The number of nitrogens with zero attached hydrogens (tertiary/aromatic N) is 3. The summed E-state index contributed by atoms with van der Waals surface area (Å²) < 4.78 is 6.76. The van der Waals surface area contributed by atoms with Crippen LogP contribution < -0.4 is 11.1 Å². The maximum absolute atomic E-state index is 12.1. The van der Waals surface area contributed by atoms with Gasteiger partial charge in [-0.3, -0.25) is 19.5 Å². The molecule has 0 saturated heterocycles. The molecule has 1 aromatic carbocycles.